The molecule has 0 unspecified atom stereocenters. The Balaban J connectivity index is 1.81. The van der Waals surface area contributed by atoms with Crippen molar-refractivity contribution >= 4 is 40.2 Å². The lowest BCUT2D eigenvalue weighted by Crippen LogP contribution is -2.01. The summed E-state index contributed by atoms with van der Waals surface area (Å²) in [5.41, 5.74) is 2.24. The molecule has 0 amide bonds. The summed E-state index contributed by atoms with van der Waals surface area (Å²) in [4.78, 5) is 17.9. The van der Waals surface area contributed by atoms with Gasteiger partial charge in [0.2, 0.25) is 0 Å². The number of aliphatic carboxylic acids is 1. The van der Waals surface area contributed by atoms with Crippen LogP contribution in [0.5, 0.6) is 5.75 Å². The molecule has 5 nitrogen and oxygen atoms in total. The lowest BCUT2D eigenvalue weighted by atomic mass is 10.2. The number of aromatic nitrogens is 2. The van der Waals surface area contributed by atoms with Crippen molar-refractivity contribution in [2.45, 2.75) is 13.0 Å². The smallest absolute Gasteiger partial charge is 0.311 e. The molecular formula is C16H12Cl2N2O3. The van der Waals surface area contributed by atoms with Gasteiger partial charge in [0.25, 0.3) is 0 Å². The van der Waals surface area contributed by atoms with Gasteiger partial charge in [0, 0.05) is 11.1 Å². The molecule has 2 aromatic carbocycles. The summed E-state index contributed by atoms with van der Waals surface area (Å²) < 4.78 is 5.72. The van der Waals surface area contributed by atoms with Crippen molar-refractivity contribution in [3.05, 3.63) is 57.8 Å². The molecular weight excluding hydrogens is 339 g/mol. The van der Waals surface area contributed by atoms with Crippen LogP contribution in [-0.2, 0) is 17.8 Å². The number of hydrogen-bond acceptors (Lipinski definition) is 3. The zero-order chi connectivity index (χ0) is 16.4. The molecule has 0 saturated heterocycles. The minimum absolute atomic E-state index is 0.173. The Morgan fingerprint density at radius 2 is 1.96 bits per heavy atom. The molecule has 7 heteroatoms. The number of benzene rings is 2. The summed E-state index contributed by atoms with van der Waals surface area (Å²) in [6, 6.07) is 10.7. The zero-order valence-corrected chi connectivity index (χ0v) is 13.4. The number of ether oxygens (including phenoxy) is 1. The number of H-pyrrole nitrogens is 1. The Kier molecular flexibility index (Phi) is 4.41. The standard InChI is InChI=1S/C16H12Cl2N2O3/c17-10-3-1-9(2-4-10)8-23-14-6-13-12(5-11(14)18)19-15(20-13)7-16(21)22/h1-6H,7-8H2,(H,19,20)(H,21,22). The Morgan fingerprint density at radius 1 is 1.22 bits per heavy atom. The largest absolute Gasteiger partial charge is 0.487 e. The van der Waals surface area contributed by atoms with Crippen molar-refractivity contribution in [2.75, 3.05) is 0 Å². The molecule has 0 spiro atoms. The van der Waals surface area contributed by atoms with E-state index in [0.29, 0.717) is 39.3 Å². The van der Waals surface area contributed by atoms with E-state index in [-0.39, 0.29) is 6.42 Å². The molecule has 1 aromatic heterocycles. The highest BCUT2D eigenvalue weighted by Crippen LogP contribution is 2.30. The van der Waals surface area contributed by atoms with Gasteiger partial charge in [-0.1, -0.05) is 35.3 Å². The van der Waals surface area contributed by atoms with Gasteiger partial charge in [0.05, 0.1) is 16.1 Å². The minimum atomic E-state index is -0.950. The maximum absolute atomic E-state index is 10.7. The molecule has 118 valence electrons. The Bertz CT molecular complexity index is 860. The van der Waals surface area contributed by atoms with E-state index >= 15 is 0 Å². The van der Waals surface area contributed by atoms with Gasteiger partial charge in [-0.05, 0) is 23.8 Å². The van der Waals surface area contributed by atoms with Crippen molar-refractivity contribution in [2.24, 2.45) is 0 Å². The van der Waals surface area contributed by atoms with Crippen LogP contribution in [0.25, 0.3) is 11.0 Å². The van der Waals surface area contributed by atoms with E-state index in [9.17, 15) is 4.79 Å². The van der Waals surface area contributed by atoms with E-state index in [1.807, 2.05) is 12.1 Å². The lowest BCUT2D eigenvalue weighted by Gasteiger charge is -2.08. The average molecular weight is 351 g/mol. The topological polar surface area (TPSA) is 75.2 Å². The summed E-state index contributed by atoms with van der Waals surface area (Å²) in [5, 5.41) is 9.90. The van der Waals surface area contributed by atoms with Crippen LogP contribution in [-0.4, -0.2) is 21.0 Å². The molecule has 0 aliphatic carbocycles. The summed E-state index contributed by atoms with van der Waals surface area (Å²) in [6.45, 7) is 0.342. The number of imidazole rings is 1. The van der Waals surface area contributed by atoms with Crippen molar-refractivity contribution in [1.82, 2.24) is 9.97 Å². The van der Waals surface area contributed by atoms with Crippen LogP contribution in [0.3, 0.4) is 0 Å². The first kappa shape index (κ1) is 15.6. The van der Waals surface area contributed by atoms with Gasteiger partial charge in [-0.2, -0.15) is 0 Å². The van der Waals surface area contributed by atoms with Crippen LogP contribution >= 0.6 is 23.2 Å². The molecule has 0 fully saturated rings. The van der Waals surface area contributed by atoms with Crippen LogP contribution in [0, 0.1) is 0 Å². The first-order chi connectivity index (χ1) is 11.0. The van der Waals surface area contributed by atoms with Gasteiger partial charge in [0.1, 0.15) is 24.6 Å². The normalized spacial score (nSPS) is 10.9. The van der Waals surface area contributed by atoms with Gasteiger partial charge in [-0.15, -0.1) is 0 Å². The van der Waals surface area contributed by atoms with Crippen molar-refractivity contribution in [3.63, 3.8) is 0 Å². The van der Waals surface area contributed by atoms with E-state index in [1.54, 1.807) is 24.3 Å². The number of nitrogens with one attached hydrogen (secondary N) is 1. The third-order valence-electron chi connectivity index (χ3n) is 3.21. The Hall–Kier alpha value is -2.24. The van der Waals surface area contributed by atoms with Crippen LogP contribution in [0.2, 0.25) is 10.0 Å². The second kappa shape index (κ2) is 6.48. The summed E-state index contributed by atoms with van der Waals surface area (Å²) >= 11 is 12.0. The van der Waals surface area contributed by atoms with Crippen molar-refractivity contribution in [1.29, 1.82) is 0 Å². The maximum atomic E-state index is 10.7. The number of fused-ring (bicyclic) bond motifs is 1. The number of rotatable bonds is 5. The Labute approximate surface area is 141 Å². The predicted octanol–water partition coefficient (Wildman–Crippen LogP) is 4.08. The highest BCUT2D eigenvalue weighted by molar-refractivity contribution is 6.32. The minimum Gasteiger partial charge on any atom is -0.487 e. The average Bonchev–Trinajstić information content (AvgIpc) is 2.86. The summed E-state index contributed by atoms with van der Waals surface area (Å²) in [5.74, 6) is -0.0877. The van der Waals surface area contributed by atoms with E-state index in [1.165, 1.54) is 0 Å². The molecule has 3 rings (SSSR count). The number of carboxylic acids is 1. The van der Waals surface area contributed by atoms with Gasteiger partial charge in [-0.25, -0.2) is 4.98 Å². The predicted molar refractivity (Wildman–Crippen MR) is 88.2 cm³/mol. The fourth-order valence-electron chi connectivity index (χ4n) is 2.14. The molecule has 23 heavy (non-hydrogen) atoms. The molecule has 0 aliphatic heterocycles. The number of carboxylic acid groups (broad SMARTS) is 1. The van der Waals surface area contributed by atoms with Crippen molar-refractivity contribution in [3.8, 4) is 5.75 Å². The fraction of sp³-hybridized carbons (Fsp3) is 0.125. The monoisotopic (exact) mass is 350 g/mol. The SMILES string of the molecule is O=C(O)Cc1nc2cc(OCc3ccc(Cl)cc3)c(Cl)cc2[nH]1. The quantitative estimate of drug-likeness (QED) is 0.726. The molecule has 0 bridgehead atoms. The van der Waals surface area contributed by atoms with Gasteiger partial charge in [-0.3, -0.25) is 4.79 Å². The molecule has 3 aromatic rings. The second-order valence-electron chi connectivity index (χ2n) is 4.97. The highest BCUT2D eigenvalue weighted by atomic mass is 35.5. The van der Waals surface area contributed by atoms with Crippen molar-refractivity contribution < 1.29 is 14.6 Å². The molecule has 1 heterocycles. The molecule has 0 saturated carbocycles. The van der Waals surface area contributed by atoms with E-state index in [0.717, 1.165) is 5.56 Å². The first-order valence-corrected chi connectivity index (χ1v) is 7.54. The number of halogens is 2. The third kappa shape index (κ3) is 3.75. The molecule has 0 atom stereocenters. The molecule has 0 radical (unpaired) electrons. The van der Waals surface area contributed by atoms with E-state index in [2.05, 4.69) is 9.97 Å². The van der Waals surface area contributed by atoms with Crippen LogP contribution in [0.4, 0.5) is 0 Å². The van der Waals surface area contributed by atoms with Crippen LogP contribution < -0.4 is 4.74 Å². The number of carbonyl (C=O) groups is 1. The third-order valence-corrected chi connectivity index (χ3v) is 3.76. The van der Waals surface area contributed by atoms with E-state index < -0.39 is 5.97 Å². The second-order valence-corrected chi connectivity index (χ2v) is 5.81. The maximum Gasteiger partial charge on any atom is 0.311 e. The van der Waals surface area contributed by atoms with Gasteiger partial charge >= 0.3 is 5.97 Å². The number of aromatic amines is 1. The number of nitrogens with zero attached hydrogens (tertiary/aromatic N) is 1. The molecule has 2 N–H and O–H groups in total. The van der Waals surface area contributed by atoms with Gasteiger partial charge < -0.3 is 14.8 Å². The number of hydrogen-bond donors (Lipinski definition) is 2. The van der Waals surface area contributed by atoms with E-state index in [4.69, 9.17) is 33.0 Å². The zero-order valence-electron chi connectivity index (χ0n) is 11.8. The Morgan fingerprint density at radius 3 is 2.65 bits per heavy atom. The van der Waals surface area contributed by atoms with Crippen LogP contribution in [0.1, 0.15) is 11.4 Å². The first-order valence-electron chi connectivity index (χ1n) is 6.78. The van der Waals surface area contributed by atoms with Crippen LogP contribution in [0.15, 0.2) is 36.4 Å². The summed E-state index contributed by atoms with van der Waals surface area (Å²) in [6.07, 6.45) is -0.173. The fourth-order valence-corrected chi connectivity index (χ4v) is 2.49. The lowest BCUT2D eigenvalue weighted by molar-refractivity contribution is -0.136. The van der Waals surface area contributed by atoms with Gasteiger partial charge in [0.15, 0.2) is 0 Å². The summed E-state index contributed by atoms with van der Waals surface area (Å²) in [7, 11) is 0. The molecule has 0 aliphatic rings. The highest BCUT2D eigenvalue weighted by Gasteiger charge is 2.11.